The lowest BCUT2D eigenvalue weighted by Gasteiger charge is -2.25. The smallest absolute Gasteiger partial charge is 0.290 e. The maximum atomic E-state index is 13.0. The summed E-state index contributed by atoms with van der Waals surface area (Å²) in [6, 6.07) is 11.0. The third-order valence-electron chi connectivity index (χ3n) is 4.66. The van der Waals surface area contributed by atoms with Gasteiger partial charge in [-0.3, -0.25) is 4.79 Å². The molecule has 2 aromatic carbocycles. The fourth-order valence-electron chi connectivity index (χ4n) is 2.91. The zero-order valence-corrected chi connectivity index (χ0v) is 16.6. The molecule has 0 bridgehead atoms. The molecule has 1 amide bonds. The van der Waals surface area contributed by atoms with E-state index in [-0.39, 0.29) is 16.6 Å². The van der Waals surface area contributed by atoms with Crippen LogP contribution < -0.4 is 5.14 Å². The Labute approximate surface area is 162 Å². The molecule has 8 heteroatoms. The van der Waals surface area contributed by atoms with Gasteiger partial charge >= 0.3 is 0 Å². The van der Waals surface area contributed by atoms with E-state index in [1.165, 1.54) is 17.0 Å². The number of aryl methyl sites for hydroxylation is 1. The number of fused-ring (bicyclic) bond motifs is 1. The molecule has 3 aromatic rings. The van der Waals surface area contributed by atoms with Crippen molar-refractivity contribution in [3.8, 4) is 0 Å². The molecule has 3 rings (SSSR count). The van der Waals surface area contributed by atoms with Gasteiger partial charge in [0.2, 0.25) is 10.0 Å². The number of primary sulfonamides is 1. The first-order valence-electron chi connectivity index (χ1n) is 8.18. The Kier molecular flexibility index (Phi) is 5.03. The molecule has 27 heavy (non-hydrogen) atoms. The Morgan fingerprint density at radius 3 is 2.59 bits per heavy atom. The van der Waals surface area contributed by atoms with Crippen LogP contribution >= 0.6 is 11.6 Å². The van der Waals surface area contributed by atoms with Crippen molar-refractivity contribution >= 4 is 38.5 Å². The maximum Gasteiger partial charge on any atom is 0.290 e. The second-order valence-corrected chi connectivity index (χ2v) is 8.40. The van der Waals surface area contributed by atoms with E-state index < -0.39 is 16.1 Å². The summed E-state index contributed by atoms with van der Waals surface area (Å²) in [5, 5.41) is 6.54. The zero-order valence-electron chi connectivity index (χ0n) is 15.1. The van der Waals surface area contributed by atoms with Gasteiger partial charge in [0.1, 0.15) is 5.58 Å². The number of furan rings is 1. The van der Waals surface area contributed by atoms with Gasteiger partial charge in [-0.15, -0.1) is 0 Å². The SMILES string of the molecule is Cc1c(C(=O)N(C)C(C)c2cccc(S(N)(=O)=O)c2)oc2ccc(Cl)cc12. The number of carbonyl (C=O) groups excluding carboxylic acids is 1. The summed E-state index contributed by atoms with van der Waals surface area (Å²) in [5.74, 6) is -0.0856. The lowest BCUT2D eigenvalue weighted by molar-refractivity contribution is 0.0711. The van der Waals surface area contributed by atoms with E-state index in [9.17, 15) is 13.2 Å². The Hall–Kier alpha value is -2.35. The van der Waals surface area contributed by atoms with Crippen molar-refractivity contribution in [2.75, 3.05) is 7.05 Å². The molecule has 0 saturated carbocycles. The Bertz CT molecular complexity index is 1140. The number of hydrogen-bond donors (Lipinski definition) is 1. The minimum Gasteiger partial charge on any atom is -0.451 e. The van der Waals surface area contributed by atoms with Crippen LogP contribution in [0.4, 0.5) is 0 Å². The van der Waals surface area contributed by atoms with Crippen molar-refractivity contribution in [1.82, 2.24) is 4.90 Å². The van der Waals surface area contributed by atoms with Crippen LogP contribution in [0.3, 0.4) is 0 Å². The monoisotopic (exact) mass is 406 g/mol. The highest BCUT2D eigenvalue weighted by Gasteiger charge is 2.25. The highest BCUT2D eigenvalue weighted by atomic mass is 35.5. The van der Waals surface area contributed by atoms with Crippen molar-refractivity contribution in [3.63, 3.8) is 0 Å². The van der Waals surface area contributed by atoms with Gasteiger partial charge in [0.15, 0.2) is 5.76 Å². The van der Waals surface area contributed by atoms with Crippen LogP contribution in [0.1, 0.15) is 34.6 Å². The number of carbonyl (C=O) groups is 1. The molecule has 1 aromatic heterocycles. The minimum atomic E-state index is -3.82. The van der Waals surface area contributed by atoms with E-state index in [0.717, 1.165) is 5.39 Å². The molecule has 6 nitrogen and oxygen atoms in total. The normalized spacial score (nSPS) is 12.9. The van der Waals surface area contributed by atoms with Gasteiger partial charge < -0.3 is 9.32 Å². The predicted molar refractivity (Wildman–Crippen MR) is 104 cm³/mol. The van der Waals surface area contributed by atoms with Gasteiger partial charge in [0.25, 0.3) is 5.91 Å². The third-order valence-corrected chi connectivity index (χ3v) is 5.81. The number of halogens is 1. The molecule has 0 aliphatic heterocycles. The van der Waals surface area contributed by atoms with Gasteiger partial charge in [-0.1, -0.05) is 23.7 Å². The molecule has 142 valence electrons. The molecule has 0 aliphatic carbocycles. The summed E-state index contributed by atoms with van der Waals surface area (Å²) in [5.41, 5.74) is 1.93. The largest absolute Gasteiger partial charge is 0.451 e. The lowest BCUT2D eigenvalue weighted by atomic mass is 10.1. The molecule has 1 unspecified atom stereocenters. The zero-order chi connectivity index (χ0) is 19.9. The summed E-state index contributed by atoms with van der Waals surface area (Å²) in [6.45, 7) is 3.60. The van der Waals surface area contributed by atoms with Crippen LogP contribution in [0, 0.1) is 6.92 Å². The van der Waals surface area contributed by atoms with Crippen molar-refractivity contribution in [3.05, 3.63) is 64.4 Å². The second-order valence-electron chi connectivity index (χ2n) is 6.41. The third kappa shape index (κ3) is 3.71. The Morgan fingerprint density at radius 2 is 1.93 bits per heavy atom. The van der Waals surface area contributed by atoms with Gasteiger partial charge in [-0.2, -0.15) is 0 Å². The molecule has 1 heterocycles. The first kappa shape index (κ1) is 19.4. The summed E-state index contributed by atoms with van der Waals surface area (Å²) < 4.78 is 28.9. The van der Waals surface area contributed by atoms with Gasteiger partial charge in [0.05, 0.1) is 10.9 Å². The summed E-state index contributed by atoms with van der Waals surface area (Å²) in [7, 11) is -2.18. The highest BCUT2D eigenvalue weighted by molar-refractivity contribution is 7.89. The first-order chi connectivity index (χ1) is 12.6. The van der Waals surface area contributed by atoms with Crippen LogP contribution in [-0.4, -0.2) is 26.3 Å². The number of sulfonamides is 1. The van der Waals surface area contributed by atoms with E-state index in [4.69, 9.17) is 21.2 Å². The van der Waals surface area contributed by atoms with Crippen molar-refractivity contribution in [1.29, 1.82) is 0 Å². The highest BCUT2D eigenvalue weighted by Crippen LogP contribution is 2.30. The Morgan fingerprint density at radius 1 is 1.22 bits per heavy atom. The number of nitrogens with zero attached hydrogens (tertiary/aromatic N) is 1. The molecular formula is C19H19ClN2O4S. The van der Waals surface area contributed by atoms with E-state index in [1.54, 1.807) is 51.2 Å². The van der Waals surface area contributed by atoms with Crippen LogP contribution in [0.2, 0.25) is 5.02 Å². The van der Waals surface area contributed by atoms with E-state index >= 15 is 0 Å². The molecular weight excluding hydrogens is 388 g/mol. The maximum absolute atomic E-state index is 13.0. The number of hydrogen-bond acceptors (Lipinski definition) is 4. The number of amides is 1. The molecule has 0 spiro atoms. The van der Waals surface area contributed by atoms with Crippen molar-refractivity contribution in [2.45, 2.75) is 24.8 Å². The number of benzene rings is 2. The first-order valence-corrected chi connectivity index (χ1v) is 10.1. The minimum absolute atomic E-state index is 0.00209. The average molecular weight is 407 g/mol. The van der Waals surface area contributed by atoms with Gasteiger partial charge in [0, 0.05) is 23.0 Å². The predicted octanol–water partition coefficient (Wildman–Crippen LogP) is 3.88. The molecule has 0 radical (unpaired) electrons. The molecule has 1 atom stereocenters. The van der Waals surface area contributed by atoms with Crippen LogP contribution in [0.25, 0.3) is 11.0 Å². The number of rotatable bonds is 4. The fraction of sp³-hybridized carbons (Fsp3) is 0.211. The standard InChI is InChI=1S/C19H19ClN2O4S/c1-11-16-10-14(20)7-8-17(16)26-18(11)19(23)22(3)12(2)13-5-4-6-15(9-13)27(21,24)25/h4-10,12H,1-3H3,(H2,21,24,25). The molecule has 0 fully saturated rings. The van der Waals surface area contributed by atoms with Crippen molar-refractivity contribution < 1.29 is 17.6 Å². The second kappa shape index (κ2) is 6.99. The van der Waals surface area contributed by atoms with Gasteiger partial charge in [-0.05, 0) is 49.7 Å². The average Bonchev–Trinajstić information content (AvgIpc) is 2.95. The Balaban J connectivity index is 1.95. The molecule has 0 saturated heterocycles. The van der Waals surface area contributed by atoms with Crippen LogP contribution in [0.5, 0.6) is 0 Å². The number of nitrogens with two attached hydrogens (primary N) is 1. The van der Waals surface area contributed by atoms with Gasteiger partial charge in [-0.25, -0.2) is 13.6 Å². The fourth-order valence-corrected chi connectivity index (χ4v) is 3.65. The summed E-state index contributed by atoms with van der Waals surface area (Å²) >= 11 is 6.03. The lowest BCUT2D eigenvalue weighted by Crippen LogP contribution is -2.30. The topological polar surface area (TPSA) is 93.6 Å². The van der Waals surface area contributed by atoms with Crippen LogP contribution in [-0.2, 0) is 10.0 Å². The van der Waals surface area contributed by atoms with Crippen molar-refractivity contribution in [2.24, 2.45) is 5.14 Å². The van der Waals surface area contributed by atoms with E-state index in [0.29, 0.717) is 21.7 Å². The quantitative estimate of drug-likeness (QED) is 0.711. The van der Waals surface area contributed by atoms with E-state index in [2.05, 4.69) is 0 Å². The molecule has 2 N–H and O–H groups in total. The summed E-state index contributed by atoms with van der Waals surface area (Å²) in [6.07, 6.45) is 0. The van der Waals surface area contributed by atoms with Crippen LogP contribution in [0.15, 0.2) is 51.8 Å². The van der Waals surface area contributed by atoms with E-state index in [1.807, 2.05) is 0 Å². The summed E-state index contributed by atoms with van der Waals surface area (Å²) in [4.78, 5) is 14.5. The molecule has 0 aliphatic rings.